The van der Waals surface area contributed by atoms with Crippen LogP contribution in [0, 0.1) is 17.6 Å². The summed E-state index contributed by atoms with van der Waals surface area (Å²) < 4.78 is 26.6. The van der Waals surface area contributed by atoms with E-state index in [0.29, 0.717) is 6.54 Å². The second-order valence-electron chi connectivity index (χ2n) is 6.08. The highest BCUT2D eigenvalue weighted by Crippen LogP contribution is 2.27. The van der Waals surface area contributed by atoms with Gasteiger partial charge in [-0.1, -0.05) is 26.3 Å². The third-order valence-corrected chi connectivity index (χ3v) is 4.35. The highest BCUT2D eigenvalue weighted by molar-refractivity contribution is 5.78. The summed E-state index contributed by atoms with van der Waals surface area (Å²) in [6.07, 6.45) is 2.60. The second kappa shape index (κ2) is 7.68. The fraction of sp³-hybridized carbons (Fsp3) is 0.588. The maximum atomic E-state index is 13.5. The average Bonchev–Trinajstić information content (AvgIpc) is 2.51. The average molecular weight is 310 g/mol. The van der Waals surface area contributed by atoms with E-state index in [0.717, 1.165) is 37.4 Å². The molecule has 0 radical (unpaired) electrons. The van der Waals surface area contributed by atoms with Crippen LogP contribution in [-0.2, 0) is 4.79 Å². The summed E-state index contributed by atoms with van der Waals surface area (Å²) in [6, 6.07) is 3.93. The number of rotatable bonds is 5. The SMILES string of the molecule is CCCC(C)C(=O)NC1CNCCC1c1ccc(F)c(F)c1. The van der Waals surface area contributed by atoms with Crippen molar-refractivity contribution < 1.29 is 13.6 Å². The molecule has 0 bridgehead atoms. The molecular weight excluding hydrogens is 286 g/mol. The van der Waals surface area contributed by atoms with Crippen LogP contribution in [0.15, 0.2) is 18.2 Å². The van der Waals surface area contributed by atoms with E-state index in [1.165, 1.54) is 6.07 Å². The minimum atomic E-state index is -0.838. The predicted molar refractivity (Wildman–Crippen MR) is 82.6 cm³/mol. The molecule has 3 nitrogen and oxygen atoms in total. The van der Waals surface area contributed by atoms with Gasteiger partial charge in [-0.15, -0.1) is 0 Å². The van der Waals surface area contributed by atoms with Crippen molar-refractivity contribution in [2.75, 3.05) is 13.1 Å². The van der Waals surface area contributed by atoms with E-state index in [2.05, 4.69) is 17.6 Å². The molecule has 1 aliphatic heterocycles. The molecule has 0 spiro atoms. The summed E-state index contributed by atoms with van der Waals surface area (Å²) >= 11 is 0. The van der Waals surface area contributed by atoms with Crippen LogP contribution in [0.5, 0.6) is 0 Å². The van der Waals surface area contributed by atoms with E-state index in [4.69, 9.17) is 0 Å². The maximum absolute atomic E-state index is 13.5. The summed E-state index contributed by atoms with van der Waals surface area (Å²) in [4.78, 5) is 12.2. The first kappa shape index (κ1) is 16.9. The summed E-state index contributed by atoms with van der Waals surface area (Å²) in [5, 5.41) is 6.32. The number of piperidine rings is 1. The van der Waals surface area contributed by atoms with Gasteiger partial charge in [0.2, 0.25) is 5.91 Å². The molecular formula is C17H24F2N2O. The molecule has 2 rings (SSSR count). The highest BCUT2D eigenvalue weighted by atomic mass is 19.2. The zero-order valence-electron chi connectivity index (χ0n) is 13.2. The molecule has 0 aromatic heterocycles. The minimum absolute atomic E-state index is 0.00845. The van der Waals surface area contributed by atoms with Crippen molar-refractivity contribution in [3.8, 4) is 0 Å². The first-order chi connectivity index (χ1) is 10.5. The summed E-state index contributed by atoms with van der Waals surface area (Å²) in [5.74, 6) is -1.66. The lowest BCUT2D eigenvalue weighted by molar-refractivity contribution is -0.125. The number of hydrogen-bond donors (Lipinski definition) is 2. The molecule has 22 heavy (non-hydrogen) atoms. The summed E-state index contributed by atoms with van der Waals surface area (Å²) in [6.45, 7) is 5.42. The quantitative estimate of drug-likeness (QED) is 0.878. The van der Waals surface area contributed by atoms with E-state index in [1.54, 1.807) is 6.07 Å². The van der Waals surface area contributed by atoms with Crippen molar-refractivity contribution in [1.29, 1.82) is 0 Å². The molecule has 1 heterocycles. The monoisotopic (exact) mass is 310 g/mol. The normalized spacial score (nSPS) is 23.1. The van der Waals surface area contributed by atoms with Crippen LogP contribution < -0.4 is 10.6 Å². The Kier molecular flexibility index (Phi) is 5.89. The summed E-state index contributed by atoms with van der Waals surface area (Å²) in [7, 11) is 0. The molecule has 1 aromatic carbocycles. The molecule has 122 valence electrons. The van der Waals surface area contributed by atoms with E-state index >= 15 is 0 Å². The van der Waals surface area contributed by atoms with Crippen LogP contribution >= 0.6 is 0 Å². The number of benzene rings is 1. The van der Waals surface area contributed by atoms with Gasteiger partial charge in [0.1, 0.15) is 0 Å². The van der Waals surface area contributed by atoms with Crippen LogP contribution in [0.25, 0.3) is 0 Å². The highest BCUT2D eigenvalue weighted by Gasteiger charge is 2.29. The molecule has 1 saturated heterocycles. The van der Waals surface area contributed by atoms with Gasteiger partial charge in [-0.3, -0.25) is 4.79 Å². The van der Waals surface area contributed by atoms with Gasteiger partial charge in [0.15, 0.2) is 11.6 Å². The Bertz CT molecular complexity index is 521. The van der Waals surface area contributed by atoms with Gasteiger partial charge in [-0.05, 0) is 37.1 Å². The van der Waals surface area contributed by atoms with Gasteiger partial charge >= 0.3 is 0 Å². The second-order valence-corrected chi connectivity index (χ2v) is 6.08. The zero-order valence-corrected chi connectivity index (χ0v) is 13.2. The third kappa shape index (κ3) is 4.03. The van der Waals surface area contributed by atoms with Crippen molar-refractivity contribution >= 4 is 5.91 Å². The van der Waals surface area contributed by atoms with Crippen molar-refractivity contribution in [3.63, 3.8) is 0 Å². The van der Waals surface area contributed by atoms with E-state index in [-0.39, 0.29) is 23.8 Å². The number of halogens is 2. The first-order valence-electron chi connectivity index (χ1n) is 7.99. The molecule has 2 N–H and O–H groups in total. The smallest absolute Gasteiger partial charge is 0.223 e. The van der Waals surface area contributed by atoms with Gasteiger partial charge in [-0.2, -0.15) is 0 Å². The number of nitrogens with one attached hydrogen (secondary N) is 2. The lowest BCUT2D eigenvalue weighted by atomic mass is 9.85. The lowest BCUT2D eigenvalue weighted by Gasteiger charge is -2.34. The Hall–Kier alpha value is -1.49. The first-order valence-corrected chi connectivity index (χ1v) is 7.99. The van der Waals surface area contributed by atoms with Crippen molar-refractivity contribution in [1.82, 2.24) is 10.6 Å². The third-order valence-electron chi connectivity index (χ3n) is 4.35. The van der Waals surface area contributed by atoms with Crippen molar-refractivity contribution in [2.45, 2.75) is 45.1 Å². The number of carbonyl (C=O) groups excluding carboxylic acids is 1. The molecule has 5 heteroatoms. The molecule has 1 aliphatic rings. The molecule has 3 atom stereocenters. The number of amides is 1. The largest absolute Gasteiger partial charge is 0.351 e. The molecule has 0 saturated carbocycles. The van der Waals surface area contributed by atoms with E-state index in [9.17, 15) is 13.6 Å². The standard InChI is InChI=1S/C17H24F2N2O/c1-3-4-11(2)17(22)21-16-10-20-8-7-13(16)12-5-6-14(18)15(19)9-12/h5-6,9,11,13,16,20H,3-4,7-8,10H2,1-2H3,(H,21,22). The Labute approximate surface area is 130 Å². The van der Waals surface area contributed by atoms with Crippen molar-refractivity contribution in [2.24, 2.45) is 5.92 Å². The molecule has 3 unspecified atom stereocenters. The fourth-order valence-corrected chi connectivity index (χ4v) is 3.04. The van der Waals surface area contributed by atoms with Crippen LogP contribution in [0.4, 0.5) is 8.78 Å². The predicted octanol–water partition coefficient (Wildman–Crippen LogP) is 2.96. The fourth-order valence-electron chi connectivity index (χ4n) is 3.04. The molecule has 0 aliphatic carbocycles. The van der Waals surface area contributed by atoms with Crippen LogP contribution in [0.2, 0.25) is 0 Å². The minimum Gasteiger partial charge on any atom is -0.351 e. The Morgan fingerprint density at radius 2 is 2.18 bits per heavy atom. The number of hydrogen-bond acceptors (Lipinski definition) is 2. The van der Waals surface area contributed by atoms with E-state index < -0.39 is 11.6 Å². The molecule has 1 fully saturated rings. The lowest BCUT2D eigenvalue weighted by Crippen LogP contribution is -2.51. The maximum Gasteiger partial charge on any atom is 0.223 e. The molecule has 1 amide bonds. The topological polar surface area (TPSA) is 41.1 Å². The van der Waals surface area contributed by atoms with Gasteiger partial charge in [0.05, 0.1) is 0 Å². The Balaban J connectivity index is 2.10. The van der Waals surface area contributed by atoms with Crippen LogP contribution in [-0.4, -0.2) is 25.0 Å². The van der Waals surface area contributed by atoms with E-state index in [1.807, 2.05) is 6.92 Å². The van der Waals surface area contributed by atoms with Gasteiger partial charge in [0, 0.05) is 24.4 Å². The number of carbonyl (C=O) groups is 1. The van der Waals surface area contributed by atoms with Crippen LogP contribution in [0.3, 0.4) is 0 Å². The van der Waals surface area contributed by atoms with Crippen molar-refractivity contribution in [3.05, 3.63) is 35.4 Å². The van der Waals surface area contributed by atoms with Gasteiger partial charge < -0.3 is 10.6 Å². The zero-order chi connectivity index (χ0) is 16.1. The van der Waals surface area contributed by atoms with Crippen LogP contribution in [0.1, 0.15) is 44.6 Å². The van der Waals surface area contributed by atoms with Gasteiger partial charge in [0.25, 0.3) is 0 Å². The molecule has 1 aromatic rings. The Morgan fingerprint density at radius 1 is 1.41 bits per heavy atom. The summed E-state index contributed by atoms with van der Waals surface area (Å²) in [5.41, 5.74) is 0.744. The van der Waals surface area contributed by atoms with Gasteiger partial charge in [-0.25, -0.2) is 8.78 Å². The Morgan fingerprint density at radius 3 is 2.86 bits per heavy atom.